The van der Waals surface area contributed by atoms with Crippen molar-refractivity contribution in [3.8, 4) is 0 Å². The van der Waals surface area contributed by atoms with Gasteiger partial charge in [0, 0.05) is 28.1 Å². The second-order valence-corrected chi connectivity index (χ2v) is 8.75. The lowest BCUT2D eigenvalue weighted by Crippen LogP contribution is -2.29. The van der Waals surface area contributed by atoms with Crippen LogP contribution >= 0.6 is 0 Å². The molecular weight excluding hydrogens is 428 g/mol. The molecule has 1 aliphatic rings. The highest BCUT2D eigenvalue weighted by Gasteiger charge is 2.24. The van der Waals surface area contributed by atoms with Gasteiger partial charge in [-0.25, -0.2) is 4.99 Å². The van der Waals surface area contributed by atoms with Crippen molar-refractivity contribution in [3.05, 3.63) is 133 Å². The largest absolute Gasteiger partial charge is 0.346 e. The molecule has 6 aromatic rings. The summed E-state index contributed by atoms with van der Waals surface area (Å²) in [5.41, 5.74) is 7.42. The zero-order valence-electron chi connectivity index (χ0n) is 19.0. The number of hydrogen-bond acceptors (Lipinski definition) is 3. The van der Waals surface area contributed by atoms with Crippen LogP contribution < -0.4 is 5.32 Å². The fraction of sp³-hybridized carbons (Fsp3) is 0.0323. The van der Waals surface area contributed by atoms with E-state index in [1.165, 1.54) is 10.8 Å². The van der Waals surface area contributed by atoms with E-state index in [1.54, 1.807) is 0 Å². The Morgan fingerprint density at radius 2 is 1.40 bits per heavy atom. The number of pyridine rings is 1. The Labute approximate surface area is 202 Å². The van der Waals surface area contributed by atoms with E-state index in [1.807, 2.05) is 24.4 Å². The van der Waals surface area contributed by atoms with Gasteiger partial charge in [-0.15, -0.1) is 0 Å². The third-order valence-electron chi connectivity index (χ3n) is 6.67. The van der Waals surface area contributed by atoms with Crippen LogP contribution in [0, 0.1) is 0 Å². The van der Waals surface area contributed by atoms with Gasteiger partial charge in [-0.1, -0.05) is 97.1 Å². The maximum absolute atomic E-state index is 5.24. The lowest BCUT2D eigenvalue weighted by Gasteiger charge is -2.27. The number of fused-ring (bicyclic) bond motifs is 5. The molecule has 35 heavy (non-hydrogen) atoms. The van der Waals surface area contributed by atoms with Gasteiger partial charge in [-0.05, 0) is 29.3 Å². The molecule has 4 heteroatoms. The summed E-state index contributed by atoms with van der Waals surface area (Å²) in [5, 5.41) is 7.23. The molecule has 2 aromatic heterocycles. The van der Waals surface area contributed by atoms with E-state index in [0.717, 1.165) is 44.5 Å². The predicted molar refractivity (Wildman–Crippen MR) is 144 cm³/mol. The van der Waals surface area contributed by atoms with E-state index in [9.17, 15) is 0 Å². The molecule has 0 bridgehead atoms. The highest BCUT2D eigenvalue weighted by Crippen LogP contribution is 2.37. The van der Waals surface area contributed by atoms with Gasteiger partial charge in [0.1, 0.15) is 0 Å². The van der Waals surface area contributed by atoms with Crippen LogP contribution in [-0.2, 0) is 0 Å². The van der Waals surface area contributed by atoms with Crippen molar-refractivity contribution >= 4 is 44.1 Å². The fourth-order valence-electron chi connectivity index (χ4n) is 5.07. The summed E-state index contributed by atoms with van der Waals surface area (Å²) in [4.78, 5) is 10.0. The Hall–Kier alpha value is -4.70. The average molecular weight is 451 g/mol. The van der Waals surface area contributed by atoms with E-state index in [-0.39, 0.29) is 6.29 Å². The maximum Gasteiger partial charge on any atom is 0.201 e. The number of nitrogens with zero attached hydrogens (tertiary/aromatic N) is 3. The number of nitrogens with one attached hydrogen (secondary N) is 1. The van der Waals surface area contributed by atoms with Crippen molar-refractivity contribution in [3.63, 3.8) is 0 Å². The fourth-order valence-corrected chi connectivity index (χ4v) is 5.07. The quantitative estimate of drug-likeness (QED) is 0.318. The highest BCUT2D eigenvalue weighted by molar-refractivity contribution is 6.17. The molecule has 7 rings (SSSR count). The summed E-state index contributed by atoms with van der Waals surface area (Å²) in [6.07, 6.45) is 3.68. The third kappa shape index (κ3) is 3.22. The van der Waals surface area contributed by atoms with Crippen LogP contribution in [0.2, 0.25) is 0 Å². The van der Waals surface area contributed by atoms with Crippen molar-refractivity contribution in [2.45, 2.75) is 6.29 Å². The lowest BCUT2D eigenvalue weighted by molar-refractivity contribution is 0.509. The standard InChI is InChI=1S/C31H22N4/c1-3-10-21(11-4-1)26-20-27(22-12-5-2-6-13-22)34-31(33-26)35-28-16-8-7-15-24(28)25-18-17-23-14-9-19-32-29(23)30(25)35/h1-20,31,33H. The van der Waals surface area contributed by atoms with E-state index >= 15 is 0 Å². The van der Waals surface area contributed by atoms with Gasteiger partial charge >= 0.3 is 0 Å². The topological polar surface area (TPSA) is 42.2 Å². The normalized spacial score (nSPS) is 15.7. The minimum Gasteiger partial charge on any atom is -0.346 e. The van der Waals surface area contributed by atoms with E-state index in [0.29, 0.717) is 0 Å². The first-order valence-corrected chi connectivity index (χ1v) is 11.8. The Morgan fingerprint density at radius 1 is 0.657 bits per heavy atom. The van der Waals surface area contributed by atoms with Crippen LogP contribution in [0.4, 0.5) is 0 Å². The van der Waals surface area contributed by atoms with Crippen molar-refractivity contribution < 1.29 is 0 Å². The Kier molecular flexibility index (Phi) is 4.49. The van der Waals surface area contributed by atoms with Crippen molar-refractivity contribution in [1.29, 1.82) is 0 Å². The second kappa shape index (κ2) is 7.96. The van der Waals surface area contributed by atoms with Gasteiger partial charge < -0.3 is 5.32 Å². The monoisotopic (exact) mass is 450 g/mol. The van der Waals surface area contributed by atoms with Crippen molar-refractivity contribution in [1.82, 2.24) is 14.9 Å². The smallest absolute Gasteiger partial charge is 0.201 e. The molecule has 0 saturated carbocycles. The van der Waals surface area contributed by atoms with Crippen molar-refractivity contribution in [2.24, 2.45) is 4.99 Å². The number of benzene rings is 4. The van der Waals surface area contributed by atoms with Crippen LogP contribution in [0.3, 0.4) is 0 Å². The first-order valence-electron chi connectivity index (χ1n) is 11.8. The molecule has 1 unspecified atom stereocenters. The molecule has 0 radical (unpaired) electrons. The van der Waals surface area contributed by atoms with Crippen LogP contribution in [-0.4, -0.2) is 15.3 Å². The predicted octanol–water partition coefficient (Wildman–Crippen LogP) is 6.93. The molecule has 1 N–H and O–H groups in total. The number of rotatable bonds is 3. The molecule has 166 valence electrons. The molecular formula is C31H22N4. The maximum atomic E-state index is 5.24. The molecule has 0 spiro atoms. The second-order valence-electron chi connectivity index (χ2n) is 8.75. The Morgan fingerprint density at radius 3 is 2.23 bits per heavy atom. The molecule has 0 aliphatic carbocycles. The van der Waals surface area contributed by atoms with Gasteiger partial charge in [-0.2, -0.15) is 0 Å². The van der Waals surface area contributed by atoms with Crippen LogP contribution in [0.5, 0.6) is 0 Å². The zero-order chi connectivity index (χ0) is 23.2. The molecule has 0 saturated heterocycles. The number of aliphatic imine (C=N–C) groups is 1. The molecule has 1 atom stereocenters. The summed E-state index contributed by atoms with van der Waals surface area (Å²) in [5.74, 6) is 0. The van der Waals surface area contributed by atoms with Gasteiger partial charge in [-0.3, -0.25) is 9.55 Å². The molecule has 4 aromatic carbocycles. The average Bonchev–Trinajstić information content (AvgIpc) is 3.29. The minimum absolute atomic E-state index is 0.333. The summed E-state index contributed by atoms with van der Waals surface area (Å²) < 4.78 is 2.30. The summed E-state index contributed by atoms with van der Waals surface area (Å²) in [7, 11) is 0. The lowest BCUT2D eigenvalue weighted by atomic mass is 10.0. The molecule has 0 fully saturated rings. The summed E-state index contributed by atoms with van der Waals surface area (Å²) in [6.45, 7) is 0. The van der Waals surface area contributed by atoms with Gasteiger partial charge in [0.05, 0.1) is 22.3 Å². The summed E-state index contributed by atoms with van der Waals surface area (Å²) >= 11 is 0. The van der Waals surface area contributed by atoms with E-state index in [4.69, 9.17) is 9.98 Å². The summed E-state index contributed by atoms with van der Waals surface area (Å²) in [6, 6.07) is 37.8. The van der Waals surface area contributed by atoms with Gasteiger partial charge in [0.2, 0.25) is 6.29 Å². The first kappa shape index (κ1) is 19.7. The SMILES string of the molecule is C1=C(c2ccccc2)NC(n2c3ccccc3c3ccc4cccnc4c32)N=C1c1ccccc1. The number of allylic oxidation sites excluding steroid dienone is 1. The van der Waals surface area contributed by atoms with Crippen LogP contribution in [0.1, 0.15) is 17.4 Å². The van der Waals surface area contributed by atoms with Gasteiger partial charge in [0.15, 0.2) is 0 Å². The number of aromatic nitrogens is 2. The number of hydrogen-bond donors (Lipinski definition) is 1. The van der Waals surface area contributed by atoms with E-state index < -0.39 is 0 Å². The molecule has 0 amide bonds. The first-order chi connectivity index (χ1) is 17.4. The molecule has 1 aliphatic heterocycles. The molecule has 3 heterocycles. The number of para-hydroxylation sites is 1. The van der Waals surface area contributed by atoms with Gasteiger partial charge in [0.25, 0.3) is 0 Å². The Balaban J connectivity index is 1.53. The Bertz CT molecular complexity index is 1760. The third-order valence-corrected chi connectivity index (χ3v) is 6.67. The highest BCUT2D eigenvalue weighted by atomic mass is 15.3. The van der Waals surface area contributed by atoms with E-state index in [2.05, 4.69) is 107 Å². The van der Waals surface area contributed by atoms with Crippen LogP contribution in [0.15, 0.2) is 126 Å². The van der Waals surface area contributed by atoms with Crippen molar-refractivity contribution in [2.75, 3.05) is 0 Å². The minimum atomic E-state index is -0.333. The van der Waals surface area contributed by atoms with Crippen LogP contribution in [0.25, 0.3) is 38.4 Å². The zero-order valence-corrected chi connectivity index (χ0v) is 19.0. The molecule has 4 nitrogen and oxygen atoms in total.